The van der Waals surface area contributed by atoms with Crippen molar-refractivity contribution in [1.29, 1.82) is 0 Å². The molecule has 0 aliphatic heterocycles. The van der Waals surface area contributed by atoms with Crippen LogP contribution in [0.1, 0.15) is 6.42 Å². The van der Waals surface area contributed by atoms with Gasteiger partial charge in [-0.2, -0.15) is 13.2 Å². The number of benzene rings is 1. The number of rotatable bonds is 3. The van der Waals surface area contributed by atoms with Crippen molar-refractivity contribution in [1.82, 2.24) is 10.3 Å². The summed E-state index contributed by atoms with van der Waals surface area (Å²) >= 11 is 0. The topological polar surface area (TPSA) is 74.2 Å². The van der Waals surface area contributed by atoms with Crippen LogP contribution >= 0.6 is 0 Å². The number of anilines is 1. The summed E-state index contributed by atoms with van der Waals surface area (Å²) in [6.07, 6.45) is -5.29. The predicted octanol–water partition coefficient (Wildman–Crippen LogP) is 2.14. The van der Waals surface area contributed by atoms with Crippen LogP contribution < -0.4 is 10.5 Å². The monoisotopic (exact) mass is 247 g/mol. The van der Waals surface area contributed by atoms with Crippen LogP contribution in [0.25, 0.3) is 11.0 Å². The number of fused-ring (bicyclic) bond motifs is 1. The van der Waals surface area contributed by atoms with Crippen molar-refractivity contribution in [2.24, 2.45) is 0 Å². The van der Waals surface area contributed by atoms with Crippen molar-refractivity contribution in [3.05, 3.63) is 12.1 Å². The van der Waals surface area contributed by atoms with E-state index in [2.05, 4.69) is 14.9 Å². The predicted molar refractivity (Wildman–Crippen MR) is 52.4 cm³/mol. The van der Waals surface area contributed by atoms with E-state index in [1.807, 2.05) is 0 Å². The van der Waals surface area contributed by atoms with Crippen LogP contribution in [0, 0.1) is 0 Å². The van der Waals surface area contributed by atoms with Gasteiger partial charge in [-0.1, -0.05) is 0 Å². The van der Waals surface area contributed by atoms with E-state index in [9.17, 15) is 13.2 Å². The molecule has 0 aliphatic rings. The van der Waals surface area contributed by atoms with Crippen LogP contribution in [-0.2, 0) is 0 Å². The Morgan fingerprint density at radius 3 is 2.65 bits per heavy atom. The second-order valence-electron chi connectivity index (χ2n) is 3.33. The van der Waals surface area contributed by atoms with Gasteiger partial charge < -0.3 is 10.5 Å². The molecule has 1 aromatic carbocycles. The largest absolute Gasteiger partial charge is 0.491 e. The molecule has 0 aliphatic carbocycles. The lowest BCUT2D eigenvalue weighted by Crippen LogP contribution is -2.13. The molecule has 2 N–H and O–H groups in total. The number of alkyl halides is 3. The molecular formula is C9H8F3N3O2. The van der Waals surface area contributed by atoms with Crippen LogP contribution in [-0.4, -0.2) is 23.1 Å². The fourth-order valence-corrected chi connectivity index (χ4v) is 1.26. The highest BCUT2D eigenvalue weighted by Crippen LogP contribution is 2.28. The maximum atomic E-state index is 11.9. The van der Waals surface area contributed by atoms with Crippen molar-refractivity contribution in [3.8, 4) is 5.75 Å². The molecule has 5 nitrogen and oxygen atoms in total. The van der Waals surface area contributed by atoms with E-state index in [1.54, 1.807) is 0 Å². The highest BCUT2D eigenvalue weighted by Gasteiger charge is 2.27. The molecule has 0 spiro atoms. The molecule has 1 heterocycles. The number of hydrogen-bond acceptors (Lipinski definition) is 5. The zero-order valence-electron chi connectivity index (χ0n) is 8.49. The van der Waals surface area contributed by atoms with Gasteiger partial charge in [-0.25, -0.2) is 4.63 Å². The van der Waals surface area contributed by atoms with E-state index >= 15 is 0 Å². The molecular weight excluding hydrogens is 239 g/mol. The van der Waals surface area contributed by atoms with Crippen LogP contribution in [0.5, 0.6) is 5.75 Å². The van der Waals surface area contributed by atoms with E-state index in [0.717, 1.165) is 0 Å². The molecule has 0 saturated carbocycles. The summed E-state index contributed by atoms with van der Waals surface area (Å²) in [4.78, 5) is 0. The minimum Gasteiger partial charge on any atom is -0.491 e. The van der Waals surface area contributed by atoms with Crippen LogP contribution in [0.4, 0.5) is 18.9 Å². The number of hydrogen-bond donors (Lipinski definition) is 1. The molecule has 0 saturated heterocycles. The third kappa shape index (κ3) is 2.58. The molecule has 0 amide bonds. The Hall–Kier alpha value is -1.99. The highest BCUT2D eigenvalue weighted by atomic mass is 19.4. The summed E-state index contributed by atoms with van der Waals surface area (Å²) in [5.41, 5.74) is 6.38. The second-order valence-corrected chi connectivity index (χ2v) is 3.33. The lowest BCUT2D eigenvalue weighted by atomic mass is 10.2. The molecule has 92 valence electrons. The van der Waals surface area contributed by atoms with Crippen LogP contribution in [0.2, 0.25) is 0 Å². The zero-order chi connectivity index (χ0) is 12.5. The lowest BCUT2D eigenvalue weighted by Gasteiger charge is -2.08. The number of nitrogens with two attached hydrogens (primary N) is 1. The molecule has 8 heteroatoms. The van der Waals surface area contributed by atoms with Crippen molar-refractivity contribution in [2.45, 2.75) is 12.6 Å². The summed E-state index contributed by atoms with van der Waals surface area (Å²) in [5, 5.41) is 7.04. The Bertz CT molecular complexity index is 524. The summed E-state index contributed by atoms with van der Waals surface area (Å²) < 4.78 is 45.2. The highest BCUT2D eigenvalue weighted by molar-refractivity contribution is 5.90. The number of aromatic nitrogens is 2. The molecule has 0 radical (unpaired) electrons. The Morgan fingerprint density at radius 2 is 1.94 bits per heavy atom. The fourth-order valence-electron chi connectivity index (χ4n) is 1.26. The first-order valence-electron chi connectivity index (χ1n) is 4.68. The summed E-state index contributed by atoms with van der Waals surface area (Å²) in [5.74, 6) is 0.166. The van der Waals surface area contributed by atoms with Gasteiger partial charge in [0, 0.05) is 0 Å². The quantitative estimate of drug-likeness (QED) is 0.841. The number of halogens is 3. The van der Waals surface area contributed by atoms with Crippen molar-refractivity contribution >= 4 is 16.7 Å². The first-order valence-corrected chi connectivity index (χ1v) is 4.68. The Morgan fingerprint density at radius 1 is 1.24 bits per heavy atom. The summed E-state index contributed by atoms with van der Waals surface area (Å²) in [6, 6.07) is 2.90. The van der Waals surface area contributed by atoms with Crippen molar-refractivity contribution < 1.29 is 22.5 Å². The molecule has 17 heavy (non-hydrogen) atoms. The molecule has 0 bridgehead atoms. The van der Waals surface area contributed by atoms with Gasteiger partial charge in [0.05, 0.1) is 18.7 Å². The standard InChI is InChI=1S/C9H8F3N3O2/c10-9(11,12)3-4-16-6-2-1-5(13)7-8(6)15-17-14-7/h1-2H,3-4,13H2. The minimum absolute atomic E-state index is 0.166. The Kier molecular flexibility index (Phi) is 2.78. The van der Waals surface area contributed by atoms with Gasteiger partial charge >= 0.3 is 6.18 Å². The molecule has 0 fully saturated rings. The smallest absolute Gasteiger partial charge is 0.392 e. The maximum Gasteiger partial charge on any atom is 0.392 e. The number of nitrogen functional groups attached to an aromatic ring is 1. The van der Waals surface area contributed by atoms with Gasteiger partial charge in [0.1, 0.15) is 0 Å². The first-order chi connectivity index (χ1) is 7.97. The normalized spacial score (nSPS) is 11.9. The van der Waals surface area contributed by atoms with Gasteiger partial charge in [-0.05, 0) is 22.4 Å². The van der Waals surface area contributed by atoms with E-state index in [0.29, 0.717) is 5.69 Å². The molecule has 0 unspecified atom stereocenters. The first kappa shape index (κ1) is 11.5. The number of ether oxygens (including phenoxy) is 1. The third-order valence-corrected chi connectivity index (χ3v) is 2.05. The van der Waals surface area contributed by atoms with E-state index in [-0.39, 0.29) is 16.8 Å². The number of nitrogens with zero attached hydrogens (tertiary/aromatic N) is 2. The van der Waals surface area contributed by atoms with E-state index < -0.39 is 19.2 Å². The molecule has 2 rings (SSSR count). The minimum atomic E-state index is -4.25. The van der Waals surface area contributed by atoms with Gasteiger partial charge in [-0.15, -0.1) is 0 Å². The molecule has 2 aromatic rings. The zero-order valence-corrected chi connectivity index (χ0v) is 8.49. The second kappa shape index (κ2) is 4.11. The third-order valence-electron chi connectivity index (χ3n) is 2.05. The average Bonchev–Trinajstić information content (AvgIpc) is 2.69. The van der Waals surface area contributed by atoms with E-state index in [1.165, 1.54) is 12.1 Å². The van der Waals surface area contributed by atoms with Crippen LogP contribution in [0.3, 0.4) is 0 Å². The Labute approximate surface area is 93.3 Å². The summed E-state index contributed by atoms with van der Waals surface area (Å²) in [6.45, 7) is -0.491. The SMILES string of the molecule is Nc1ccc(OCCC(F)(F)F)c2nonc12. The van der Waals surface area contributed by atoms with E-state index in [4.69, 9.17) is 10.5 Å². The lowest BCUT2D eigenvalue weighted by molar-refractivity contribution is -0.139. The van der Waals surface area contributed by atoms with Crippen molar-refractivity contribution in [3.63, 3.8) is 0 Å². The van der Waals surface area contributed by atoms with Gasteiger partial charge in [-0.3, -0.25) is 0 Å². The van der Waals surface area contributed by atoms with Gasteiger partial charge in [0.15, 0.2) is 16.8 Å². The maximum absolute atomic E-state index is 11.9. The average molecular weight is 247 g/mol. The van der Waals surface area contributed by atoms with Crippen molar-refractivity contribution in [2.75, 3.05) is 12.3 Å². The Balaban J connectivity index is 2.14. The molecule has 1 aromatic heterocycles. The molecule has 0 atom stereocenters. The van der Waals surface area contributed by atoms with Crippen LogP contribution in [0.15, 0.2) is 16.8 Å². The fraction of sp³-hybridized carbons (Fsp3) is 0.333. The van der Waals surface area contributed by atoms with Gasteiger partial charge in [0.2, 0.25) is 0 Å². The summed E-state index contributed by atoms with van der Waals surface area (Å²) in [7, 11) is 0. The van der Waals surface area contributed by atoms with Gasteiger partial charge in [0.25, 0.3) is 0 Å².